The Hall–Kier alpha value is -2.14. The molecule has 1 saturated heterocycles. The summed E-state index contributed by atoms with van der Waals surface area (Å²) in [4.78, 5) is 12.0. The van der Waals surface area contributed by atoms with E-state index in [2.05, 4.69) is 10.0 Å². The van der Waals surface area contributed by atoms with Crippen LogP contribution in [0.4, 0.5) is 13.2 Å². The number of hydrogen-bond acceptors (Lipinski definition) is 4. The maximum Gasteiger partial charge on any atom is 0.416 e. The molecule has 0 spiro atoms. The molecule has 31 heavy (non-hydrogen) atoms. The van der Waals surface area contributed by atoms with Crippen molar-refractivity contribution in [1.82, 2.24) is 10.0 Å². The van der Waals surface area contributed by atoms with E-state index in [1.165, 1.54) is 0 Å². The number of carbonyl (C=O) groups is 1. The Morgan fingerprint density at radius 3 is 2.35 bits per heavy atom. The van der Waals surface area contributed by atoms with Gasteiger partial charge in [-0.25, -0.2) is 13.1 Å². The minimum Gasteiger partial charge on any atom is -0.381 e. The molecule has 6 nitrogen and oxygen atoms in total. The van der Waals surface area contributed by atoms with Gasteiger partial charge in [-0.05, 0) is 48.7 Å². The quantitative estimate of drug-likeness (QED) is 0.668. The van der Waals surface area contributed by atoms with Crippen LogP contribution in [0.2, 0.25) is 5.02 Å². The number of carbonyl (C=O) groups excluding carboxylic acids is 1. The summed E-state index contributed by atoms with van der Waals surface area (Å²) in [6.45, 7) is 0.173. The summed E-state index contributed by atoms with van der Waals surface area (Å²) in [5.41, 5.74) is -1.06. The van der Waals surface area contributed by atoms with Gasteiger partial charge in [0.2, 0.25) is 15.9 Å². The van der Waals surface area contributed by atoms with E-state index < -0.39 is 44.6 Å². The van der Waals surface area contributed by atoms with Gasteiger partial charge in [-0.15, -0.1) is 0 Å². The number of nitrogens with one attached hydrogen (secondary N) is 2. The highest BCUT2D eigenvalue weighted by Crippen LogP contribution is 2.33. The highest BCUT2D eigenvalue weighted by molar-refractivity contribution is 7.89. The van der Waals surface area contributed by atoms with Crippen LogP contribution in [0.5, 0.6) is 0 Å². The zero-order valence-electron chi connectivity index (χ0n) is 16.2. The van der Waals surface area contributed by atoms with Crippen molar-refractivity contribution in [3.8, 4) is 0 Å². The van der Waals surface area contributed by atoms with Gasteiger partial charge in [0.25, 0.3) is 0 Å². The fourth-order valence-electron chi connectivity index (χ4n) is 3.37. The first kappa shape index (κ1) is 23.5. The largest absolute Gasteiger partial charge is 0.416 e. The Labute approximate surface area is 182 Å². The topological polar surface area (TPSA) is 84.5 Å². The maximum absolute atomic E-state index is 12.9. The van der Waals surface area contributed by atoms with Crippen molar-refractivity contribution >= 4 is 27.5 Å². The van der Waals surface area contributed by atoms with E-state index in [-0.39, 0.29) is 0 Å². The van der Waals surface area contributed by atoms with Crippen LogP contribution in [0, 0.1) is 0 Å². The second kappa shape index (κ2) is 9.15. The molecule has 1 aliphatic heterocycles. The van der Waals surface area contributed by atoms with Gasteiger partial charge in [0.05, 0.1) is 22.5 Å². The molecule has 0 atom stereocenters. The van der Waals surface area contributed by atoms with Crippen molar-refractivity contribution in [1.29, 1.82) is 0 Å². The first-order valence-electron chi connectivity index (χ1n) is 9.34. The van der Waals surface area contributed by atoms with E-state index >= 15 is 0 Å². The van der Waals surface area contributed by atoms with Crippen LogP contribution in [0.1, 0.15) is 24.0 Å². The number of halogens is 4. The molecule has 3 rings (SSSR count). The molecular formula is C20H20ClF3N2O4S. The zero-order chi connectivity index (χ0) is 22.7. The summed E-state index contributed by atoms with van der Waals surface area (Å²) in [7, 11) is -4.32. The number of rotatable bonds is 6. The van der Waals surface area contributed by atoms with Gasteiger partial charge in [-0.3, -0.25) is 4.79 Å². The normalized spacial score (nSPS) is 16.6. The number of ether oxygens (including phenoxy) is 1. The van der Waals surface area contributed by atoms with E-state index in [0.717, 1.165) is 23.8 Å². The zero-order valence-corrected chi connectivity index (χ0v) is 17.8. The Kier molecular flexibility index (Phi) is 6.95. The maximum atomic E-state index is 12.9. The smallest absolute Gasteiger partial charge is 0.381 e. The van der Waals surface area contributed by atoms with Crippen molar-refractivity contribution in [2.45, 2.75) is 29.5 Å². The van der Waals surface area contributed by atoms with Crippen LogP contribution < -0.4 is 10.0 Å². The molecule has 11 heteroatoms. The molecule has 168 valence electrons. The fourth-order valence-corrected chi connectivity index (χ4v) is 4.52. The van der Waals surface area contributed by atoms with Gasteiger partial charge in [0.15, 0.2) is 0 Å². The van der Waals surface area contributed by atoms with Crippen molar-refractivity contribution < 1.29 is 31.1 Å². The lowest BCUT2D eigenvalue weighted by Gasteiger charge is -2.38. The SMILES string of the molecule is O=C(CNS(=O)(=O)c1cccc(C(F)(F)F)c1)NC1(c2ccc(Cl)cc2)CCOCC1. The van der Waals surface area contributed by atoms with Crippen LogP contribution in [0.25, 0.3) is 0 Å². The minimum atomic E-state index is -4.68. The van der Waals surface area contributed by atoms with E-state index in [1.807, 2.05) is 0 Å². The Morgan fingerprint density at radius 1 is 1.10 bits per heavy atom. The summed E-state index contributed by atoms with van der Waals surface area (Å²) >= 11 is 5.94. The van der Waals surface area contributed by atoms with E-state index in [4.69, 9.17) is 16.3 Å². The van der Waals surface area contributed by atoms with Crippen molar-refractivity contribution in [2.75, 3.05) is 19.8 Å². The standard InChI is InChI=1S/C20H20ClF3N2O4S/c21-16-6-4-14(5-7-16)19(8-10-30-11-9-19)26-18(27)13-25-31(28,29)17-3-1-2-15(12-17)20(22,23)24/h1-7,12,25H,8-11,13H2,(H,26,27). The number of hydrogen-bond donors (Lipinski definition) is 2. The summed E-state index contributed by atoms with van der Waals surface area (Å²) in [5, 5.41) is 3.39. The monoisotopic (exact) mass is 476 g/mol. The Balaban J connectivity index is 1.72. The second-order valence-electron chi connectivity index (χ2n) is 7.10. The van der Waals surface area contributed by atoms with Crippen molar-refractivity contribution in [3.63, 3.8) is 0 Å². The molecule has 0 aliphatic carbocycles. The lowest BCUT2D eigenvalue weighted by Crippen LogP contribution is -2.52. The number of benzene rings is 2. The molecule has 1 amide bonds. The van der Waals surface area contributed by atoms with Crippen LogP contribution in [-0.2, 0) is 31.3 Å². The molecule has 1 aliphatic rings. The summed E-state index contributed by atoms with van der Waals surface area (Å²) in [6.07, 6.45) is -3.74. The third kappa shape index (κ3) is 5.76. The van der Waals surface area contributed by atoms with E-state index in [1.54, 1.807) is 24.3 Å². The Bertz CT molecular complexity index is 1040. The van der Waals surface area contributed by atoms with E-state index in [9.17, 15) is 26.4 Å². The molecule has 2 aromatic rings. The minimum absolute atomic E-state index is 0.402. The van der Waals surface area contributed by atoms with Crippen LogP contribution >= 0.6 is 11.6 Å². The highest BCUT2D eigenvalue weighted by Gasteiger charge is 2.36. The van der Waals surface area contributed by atoms with Crippen molar-refractivity contribution in [2.24, 2.45) is 0 Å². The molecule has 0 aromatic heterocycles. The van der Waals surface area contributed by atoms with Gasteiger partial charge >= 0.3 is 6.18 Å². The number of amides is 1. The van der Waals surface area contributed by atoms with Crippen molar-refractivity contribution in [3.05, 3.63) is 64.7 Å². The molecule has 1 fully saturated rings. The fraction of sp³-hybridized carbons (Fsp3) is 0.350. The first-order chi connectivity index (χ1) is 14.5. The summed E-state index contributed by atoms with van der Waals surface area (Å²) < 4.78 is 70.8. The first-order valence-corrected chi connectivity index (χ1v) is 11.2. The highest BCUT2D eigenvalue weighted by atomic mass is 35.5. The van der Waals surface area contributed by atoms with Crippen LogP contribution in [-0.4, -0.2) is 34.1 Å². The van der Waals surface area contributed by atoms with Crippen LogP contribution in [0.3, 0.4) is 0 Å². The molecule has 0 saturated carbocycles. The molecule has 0 unspecified atom stereocenters. The van der Waals surface area contributed by atoms with Gasteiger partial charge < -0.3 is 10.1 Å². The number of sulfonamides is 1. The second-order valence-corrected chi connectivity index (χ2v) is 9.30. The van der Waals surface area contributed by atoms with Gasteiger partial charge in [0.1, 0.15) is 0 Å². The lowest BCUT2D eigenvalue weighted by molar-refractivity contribution is -0.137. The average molecular weight is 477 g/mol. The Morgan fingerprint density at radius 2 is 1.74 bits per heavy atom. The van der Waals surface area contributed by atoms with Gasteiger partial charge in [-0.1, -0.05) is 29.8 Å². The third-order valence-electron chi connectivity index (χ3n) is 5.02. The molecule has 2 N–H and O–H groups in total. The lowest BCUT2D eigenvalue weighted by atomic mass is 9.82. The molecule has 2 aromatic carbocycles. The molecule has 0 bridgehead atoms. The third-order valence-corrected chi connectivity index (χ3v) is 6.67. The van der Waals surface area contributed by atoms with Gasteiger partial charge in [-0.2, -0.15) is 13.2 Å². The molecule has 0 radical (unpaired) electrons. The summed E-state index contributed by atoms with van der Waals surface area (Å²) in [6, 6.07) is 10.3. The molecule has 1 heterocycles. The van der Waals surface area contributed by atoms with E-state index in [0.29, 0.717) is 37.1 Å². The number of alkyl halides is 3. The predicted octanol–water partition coefficient (Wildman–Crippen LogP) is 3.46. The average Bonchev–Trinajstić information content (AvgIpc) is 2.73. The predicted molar refractivity (Wildman–Crippen MR) is 108 cm³/mol. The van der Waals surface area contributed by atoms with Crippen LogP contribution in [0.15, 0.2) is 53.4 Å². The summed E-state index contributed by atoms with van der Waals surface area (Å²) in [5.74, 6) is -0.618. The van der Waals surface area contributed by atoms with Gasteiger partial charge in [0, 0.05) is 18.2 Å². The molecular weight excluding hydrogens is 457 g/mol.